The zero-order valence-corrected chi connectivity index (χ0v) is 20.5. The number of amides is 1. The number of aromatic nitrogens is 1. The first-order valence-electron chi connectivity index (χ1n) is 10.8. The van der Waals surface area contributed by atoms with Gasteiger partial charge in [-0.15, -0.1) is 11.3 Å². The molecule has 1 unspecified atom stereocenters. The van der Waals surface area contributed by atoms with Gasteiger partial charge in [-0.25, -0.2) is 13.4 Å². The maximum atomic E-state index is 12.9. The number of rotatable bonds is 6. The van der Waals surface area contributed by atoms with Crippen LogP contribution < -0.4 is 10.1 Å². The zero-order valence-electron chi connectivity index (χ0n) is 18.9. The minimum Gasteiger partial charge on any atom is -0.496 e. The van der Waals surface area contributed by atoms with Crippen LogP contribution >= 0.6 is 11.3 Å². The Labute approximate surface area is 198 Å². The fraction of sp³-hybridized carbons (Fsp3) is 0.333. The van der Waals surface area contributed by atoms with Crippen LogP contribution in [0, 0.1) is 12.8 Å². The number of methoxy groups -OCH3 is 1. The number of thiazole rings is 1. The van der Waals surface area contributed by atoms with E-state index in [4.69, 9.17) is 4.74 Å². The van der Waals surface area contributed by atoms with E-state index in [0.717, 1.165) is 35.4 Å². The van der Waals surface area contributed by atoms with Crippen molar-refractivity contribution in [3.05, 3.63) is 59.0 Å². The average molecular weight is 486 g/mol. The van der Waals surface area contributed by atoms with Gasteiger partial charge in [-0.05, 0) is 73.7 Å². The molecule has 2 aromatic carbocycles. The molecule has 1 aromatic heterocycles. The molecule has 4 rings (SSSR count). The van der Waals surface area contributed by atoms with E-state index in [1.54, 1.807) is 7.11 Å². The van der Waals surface area contributed by atoms with Gasteiger partial charge >= 0.3 is 0 Å². The Morgan fingerprint density at radius 3 is 2.64 bits per heavy atom. The fourth-order valence-corrected chi connectivity index (χ4v) is 6.28. The molecule has 3 aromatic rings. The lowest BCUT2D eigenvalue weighted by Crippen LogP contribution is -2.39. The van der Waals surface area contributed by atoms with Gasteiger partial charge in [-0.2, -0.15) is 4.31 Å². The van der Waals surface area contributed by atoms with Crippen LogP contribution in [-0.4, -0.2) is 43.8 Å². The number of anilines is 1. The summed E-state index contributed by atoms with van der Waals surface area (Å²) in [7, 11) is -1.92. The Morgan fingerprint density at radius 1 is 1.21 bits per heavy atom. The summed E-state index contributed by atoms with van der Waals surface area (Å²) < 4.78 is 32.7. The van der Waals surface area contributed by atoms with Crippen LogP contribution in [0.25, 0.3) is 11.3 Å². The molecular formula is C24H27N3O4S2. The van der Waals surface area contributed by atoms with E-state index in [-0.39, 0.29) is 10.8 Å². The Morgan fingerprint density at radius 2 is 1.97 bits per heavy atom. The predicted octanol–water partition coefficient (Wildman–Crippen LogP) is 4.80. The summed E-state index contributed by atoms with van der Waals surface area (Å²) >= 11 is 1.33. The molecule has 1 fully saturated rings. The normalized spacial score (nSPS) is 17.0. The molecule has 2 heterocycles. The molecule has 174 valence electrons. The van der Waals surface area contributed by atoms with Crippen LogP contribution in [0.5, 0.6) is 5.75 Å². The van der Waals surface area contributed by atoms with Gasteiger partial charge in [0, 0.05) is 29.6 Å². The van der Waals surface area contributed by atoms with Crippen LogP contribution in [0.2, 0.25) is 0 Å². The Kier molecular flexibility index (Phi) is 6.83. The third-order valence-corrected chi connectivity index (χ3v) is 8.43. The van der Waals surface area contributed by atoms with Crippen molar-refractivity contribution in [2.75, 3.05) is 25.5 Å². The Bertz CT molecular complexity index is 1250. The molecule has 1 amide bonds. The molecule has 0 aliphatic carbocycles. The van der Waals surface area contributed by atoms with Crippen molar-refractivity contribution in [2.24, 2.45) is 5.92 Å². The summed E-state index contributed by atoms with van der Waals surface area (Å²) in [5.41, 5.74) is 3.07. The fourth-order valence-electron chi connectivity index (χ4n) is 3.96. The minimum atomic E-state index is -3.55. The van der Waals surface area contributed by atoms with Crippen LogP contribution in [-0.2, 0) is 10.0 Å². The van der Waals surface area contributed by atoms with Crippen molar-refractivity contribution in [1.29, 1.82) is 0 Å². The predicted molar refractivity (Wildman–Crippen MR) is 130 cm³/mol. The van der Waals surface area contributed by atoms with E-state index in [2.05, 4.69) is 17.2 Å². The molecule has 1 atom stereocenters. The summed E-state index contributed by atoms with van der Waals surface area (Å²) in [6.07, 6.45) is 1.91. The van der Waals surface area contributed by atoms with Gasteiger partial charge in [-0.3, -0.25) is 10.1 Å². The molecule has 0 saturated carbocycles. The summed E-state index contributed by atoms with van der Waals surface area (Å²) in [5.74, 6) is 0.823. The van der Waals surface area contributed by atoms with Gasteiger partial charge in [-0.1, -0.05) is 6.92 Å². The molecule has 0 bridgehead atoms. The number of sulfonamides is 1. The first kappa shape index (κ1) is 23.4. The summed E-state index contributed by atoms with van der Waals surface area (Å²) in [4.78, 5) is 17.4. The SMILES string of the molecule is COc1ccc(-c2csc(NC(=O)c3ccc(S(=O)(=O)N4CCCC(C)C4)cc3)n2)cc1C. The molecule has 33 heavy (non-hydrogen) atoms. The van der Waals surface area contributed by atoms with Crippen molar-refractivity contribution in [1.82, 2.24) is 9.29 Å². The number of benzene rings is 2. The van der Waals surface area contributed by atoms with Crippen molar-refractivity contribution >= 4 is 32.4 Å². The number of hydrogen-bond donors (Lipinski definition) is 1. The third kappa shape index (κ3) is 5.10. The Hall–Kier alpha value is -2.75. The number of ether oxygens (including phenoxy) is 1. The van der Waals surface area contributed by atoms with Crippen LogP contribution in [0.15, 0.2) is 52.7 Å². The maximum absolute atomic E-state index is 12.9. The lowest BCUT2D eigenvalue weighted by molar-refractivity contribution is 0.102. The van der Waals surface area contributed by atoms with E-state index in [0.29, 0.717) is 29.7 Å². The maximum Gasteiger partial charge on any atom is 0.257 e. The van der Waals surface area contributed by atoms with E-state index < -0.39 is 10.0 Å². The van der Waals surface area contributed by atoms with Crippen molar-refractivity contribution in [2.45, 2.75) is 31.6 Å². The standard InChI is InChI=1S/C24H27N3O4S2/c1-16-5-4-12-27(14-16)33(29,30)20-9-6-18(7-10-20)23(28)26-24-25-21(15-32-24)19-8-11-22(31-3)17(2)13-19/h6-11,13,15-16H,4-5,12,14H2,1-3H3,(H,25,26,28). The largest absolute Gasteiger partial charge is 0.496 e. The van der Waals surface area contributed by atoms with Crippen molar-refractivity contribution in [3.63, 3.8) is 0 Å². The van der Waals surface area contributed by atoms with Gasteiger partial charge in [0.25, 0.3) is 5.91 Å². The number of carbonyl (C=O) groups excluding carboxylic acids is 1. The van der Waals surface area contributed by atoms with Crippen LogP contribution in [0.4, 0.5) is 5.13 Å². The monoisotopic (exact) mass is 485 g/mol. The molecule has 1 saturated heterocycles. The first-order valence-corrected chi connectivity index (χ1v) is 13.1. The summed E-state index contributed by atoms with van der Waals surface area (Å²) in [6.45, 7) is 5.10. The number of nitrogens with zero attached hydrogens (tertiary/aromatic N) is 2. The second-order valence-electron chi connectivity index (χ2n) is 8.31. The zero-order chi connectivity index (χ0) is 23.6. The Balaban J connectivity index is 1.45. The molecule has 1 aliphatic heterocycles. The third-order valence-electron chi connectivity index (χ3n) is 5.79. The quantitative estimate of drug-likeness (QED) is 0.542. The molecule has 7 nitrogen and oxygen atoms in total. The van der Waals surface area contributed by atoms with Gasteiger partial charge in [0.15, 0.2) is 5.13 Å². The molecular weight excluding hydrogens is 458 g/mol. The first-order chi connectivity index (χ1) is 15.8. The minimum absolute atomic E-state index is 0.208. The van der Waals surface area contributed by atoms with Crippen LogP contribution in [0.1, 0.15) is 35.7 Å². The average Bonchev–Trinajstić information content (AvgIpc) is 3.27. The van der Waals surface area contributed by atoms with Crippen molar-refractivity contribution in [3.8, 4) is 17.0 Å². The topological polar surface area (TPSA) is 88.6 Å². The highest BCUT2D eigenvalue weighted by Gasteiger charge is 2.28. The highest BCUT2D eigenvalue weighted by molar-refractivity contribution is 7.89. The number of piperidine rings is 1. The summed E-state index contributed by atoms with van der Waals surface area (Å²) in [6, 6.07) is 11.9. The second-order valence-corrected chi connectivity index (χ2v) is 11.1. The van der Waals surface area contributed by atoms with Crippen molar-refractivity contribution < 1.29 is 17.9 Å². The highest BCUT2D eigenvalue weighted by Crippen LogP contribution is 2.29. The number of carbonyl (C=O) groups is 1. The number of aryl methyl sites for hydroxylation is 1. The van der Waals surface area contributed by atoms with Gasteiger partial charge in [0.05, 0.1) is 17.7 Å². The van der Waals surface area contributed by atoms with E-state index >= 15 is 0 Å². The second kappa shape index (κ2) is 9.62. The van der Waals surface area contributed by atoms with Gasteiger partial charge < -0.3 is 4.74 Å². The highest BCUT2D eigenvalue weighted by atomic mass is 32.2. The molecule has 9 heteroatoms. The van der Waals surface area contributed by atoms with Gasteiger partial charge in [0.2, 0.25) is 10.0 Å². The van der Waals surface area contributed by atoms with E-state index in [1.165, 1.54) is 39.9 Å². The smallest absolute Gasteiger partial charge is 0.257 e. The lowest BCUT2D eigenvalue weighted by Gasteiger charge is -2.30. The molecule has 1 N–H and O–H groups in total. The van der Waals surface area contributed by atoms with E-state index in [1.807, 2.05) is 30.5 Å². The lowest BCUT2D eigenvalue weighted by atomic mass is 10.0. The molecule has 1 aliphatic rings. The summed E-state index contributed by atoms with van der Waals surface area (Å²) in [5, 5.41) is 5.15. The molecule has 0 radical (unpaired) electrons. The van der Waals surface area contributed by atoms with Gasteiger partial charge in [0.1, 0.15) is 5.75 Å². The van der Waals surface area contributed by atoms with E-state index in [9.17, 15) is 13.2 Å². The van der Waals surface area contributed by atoms with Crippen LogP contribution in [0.3, 0.4) is 0 Å². The number of hydrogen-bond acceptors (Lipinski definition) is 6. The molecule has 0 spiro atoms. The number of nitrogens with one attached hydrogen (secondary N) is 1.